The molecule has 0 aliphatic heterocycles. The Labute approximate surface area is 99.4 Å². The van der Waals surface area contributed by atoms with E-state index in [1.165, 1.54) is 0 Å². The molecule has 0 aromatic rings. The van der Waals surface area contributed by atoms with E-state index in [0.29, 0.717) is 0 Å². The van der Waals surface area contributed by atoms with Gasteiger partial charge in [-0.15, -0.1) is 0 Å². The Morgan fingerprint density at radius 3 is 0.857 bits per heavy atom. The van der Waals surface area contributed by atoms with E-state index in [9.17, 15) is 0 Å². The first-order valence-corrected chi connectivity index (χ1v) is 3.37. The summed E-state index contributed by atoms with van der Waals surface area (Å²) >= 11 is -6.00. The van der Waals surface area contributed by atoms with Crippen LogP contribution in [0.5, 0.6) is 0 Å². The van der Waals surface area contributed by atoms with Crippen LogP contribution in [0.3, 0.4) is 0 Å². The van der Waals surface area contributed by atoms with Crippen molar-refractivity contribution < 1.29 is 84.3 Å². The van der Waals surface area contributed by atoms with Gasteiger partial charge in [-0.05, 0) is 0 Å². The first-order chi connectivity index (χ1) is 2.00. The summed E-state index contributed by atoms with van der Waals surface area (Å²) in [5, 5.41) is 0. The zero-order valence-corrected chi connectivity index (χ0v) is 9.55. The first kappa shape index (κ1) is 16.4. The van der Waals surface area contributed by atoms with E-state index in [2.05, 4.69) is 0 Å². The van der Waals surface area contributed by atoms with Crippen molar-refractivity contribution in [2.24, 2.45) is 0 Å². The Hall–Kier alpha value is 2.72. The van der Waals surface area contributed by atoms with Crippen molar-refractivity contribution in [2.45, 2.75) is 0 Å². The monoisotopic (exact) mass is 178 g/mol. The summed E-state index contributed by atoms with van der Waals surface area (Å²) in [6.07, 6.45) is 0. The molecule has 4 nitrogen and oxygen atoms in total. The summed E-state index contributed by atoms with van der Waals surface area (Å²) in [5.74, 6) is 0. The minimum absolute atomic E-state index is 0. The Morgan fingerprint density at radius 1 is 0.857 bits per heavy atom. The topological polar surface area (TPSA) is 92.2 Å². The first-order valence-electron chi connectivity index (χ1n) is 0.816. The van der Waals surface area contributed by atoms with Crippen LogP contribution in [0.1, 0.15) is 0 Å². The molecule has 7 heteroatoms. The van der Waals surface area contributed by atoms with Crippen LogP contribution in [-0.4, -0.2) is 17.4 Å². The molecule has 0 fully saturated rings. The third-order valence-corrected chi connectivity index (χ3v) is 0. The quantitative estimate of drug-likeness (QED) is 0.344. The van der Waals surface area contributed by atoms with E-state index in [1.54, 1.807) is 0 Å². The fourth-order valence-corrected chi connectivity index (χ4v) is 0. The fraction of sp³-hybridized carbons (Fsp3) is 0. The molecule has 0 radical (unpaired) electrons. The van der Waals surface area contributed by atoms with Crippen LogP contribution in [0.4, 0.5) is 0 Å². The molecule has 0 N–H and O–H groups in total. The van der Waals surface area contributed by atoms with Crippen molar-refractivity contribution >= 4 is 17.4 Å². The van der Waals surface area contributed by atoms with E-state index < -0.39 is 18.1 Å². The van der Waals surface area contributed by atoms with Gasteiger partial charge in [0.15, 0.2) is 0 Å². The molecule has 0 rings (SSSR count). The summed E-state index contributed by atoms with van der Waals surface area (Å²) in [4.78, 5) is 0. The molecule has 0 aromatic heterocycles. The van der Waals surface area contributed by atoms with E-state index in [1.807, 2.05) is 0 Å². The van der Waals surface area contributed by atoms with Crippen LogP contribution in [-0.2, 0) is 18.1 Å². The third kappa shape index (κ3) is 53.2. The molecule has 0 unspecified atom stereocenters. The van der Waals surface area contributed by atoms with Crippen LogP contribution in [0.15, 0.2) is 0 Å². The molecular formula is AlKO4Ti. The van der Waals surface area contributed by atoms with Crippen molar-refractivity contribution in [1.82, 2.24) is 0 Å². The van der Waals surface area contributed by atoms with Crippen molar-refractivity contribution in [3.8, 4) is 0 Å². The zero-order valence-electron chi connectivity index (χ0n) is 3.71. The van der Waals surface area contributed by atoms with Gasteiger partial charge in [0.2, 0.25) is 0 Å². The molecule has 0 atom stereocenters. The molecule has 0 aliphatic carbocycles. The van der Waals surface area contributed by atoms with Gasteiger partial charge >= 0.3 is 102 Å². The molecule has 0 bridgehead atoms. The van der Waals surface area contributed by atoms with Crippen LogP contribution in [0.2, 0.25) is 0 Å². The van der Waals surface area contributed by atoms with E-state index >= 15 is 0 Å². The van der Waals surface area contributed by atoms with Gasteiger partial charge in [-0.2, -0.15) is 0 Å². The number of hydrogen-bond donors (Lipinski definition) is 0. The van der Waals surface area contributed by atoms with Gasteiger partial charge in [0.05, 0.1) is 0 Å². The van der Waals surface area contributed by atoms with E-state index in [0.717, 1.165) is 0 Å². The molecule has 32 valence electrons. The van der Waals surface area contributed by atoms with E-state index in [-0.39, 0.29) is 68.7 Å². The average Bonchev–Trinajstić information content (AvgIpc) is 0.722. The summed E-state index contributed by atoms with van der Waals surface area (Å²) in [7, 11) is 0. The maximum absolute atomic E-state index is 8.62. The van der Waals surface area contributed by atoms with Crippen LogP contribution in [0, 0.1) is 0 Å². The molecule has 0 aliphatic rings. The normalized spacial score (nSPS) is 8.57. The molecule has 0 amide bonds. The Morgan fingerprint density at radius 2 is 0.857 bits per heavy atom. The fourth-order valence-electron chi connectivity index (χ4n) is 0. The predicted octanol–water partition coefficient (Wildman–Crippen LogP) is -8.14. The van der Waals surface area contributed by atoms with Crippen molar-refractivity contribution in [1.29, 1.82) is 0 Å². The summed E-state index contributed by atoms with van der Waals surface area (Å²) in [6.45, 7) is 0. The van der Waals surface area contributed by atoms with Gasteiger partial charge in [-0.25, -0.2) is 0 Å². The Balaban J connectivity index is -0.0000000800. The molecule has 0 heterocycles. The Bertz CT molecular complexity index is 27.2. The summed E-state index contributed by atoms with van der Waals surface area (Å²) in [5.41, 5.74) is 0. The van der Waals surface area contributed by atoms with Crippen molar-refractivity contribution in [3.63, 3.8) is 0 Å². The minimum atomic E-state index is -6.00. The Kier molecular flexibility index (Phi) is 16.0. The van der Waals surface area contributed by atoms with Gasteiger partial charge in [0.25, 0.3) is 0 Å². The van der Waals surface area contributed by atoms with Gasteiger partial charge in [0.1, 0.15) is 0 Å². The number of hydrogen-bond acceptors (Lipinski definition) is 4. The zero-order chi connectivity index (χ0) is 4.50. The van der Waals surface area contributed by atoms with Gasteiger partial charge in [0, 0.05) is 0 Å². The van der Waals surface area contributed by atoms with Gasteiger partial charge in [-0.1, -0.05) is 0 Å². The van der Waals surface area contributed by atoms with Gasteiger partial charge < -0.3 is 0 Å². The van der Waals surface area contributed by atoms with Crippen LogP contribution >= 0.6 is 0 Å². The molecular weight excluding hydrogens is 178 g/mol. The van der Waals surface area contributed by atoms with Crippen molar-refractivity contribution in [3.05, 3.63) is 0 Å². The van der Waals surface area contributed by atoms with E-state index in [4.69, 9.17) is 14.8 Å². The average molecular weight is 178 g/mol. The molecule has 0 saturated heterocycles. The predicted molar refractivity (Wildman–Crippen MR) is 5.75 cm³/mol. The second kappa shape index (κ2) is 6.84. The second-order valence-electron chi connectivity index (χ2n) is 0.500. The molecule has 0 spiro atoms. The van der Waals surface area contributed by atoms with Crippen LogP contribution < -0.4 is 66.1 Å². The third-order valence-electron chi connectivity index (χ3n) is 0. The SMILES string of the molecule is [Al+3].[K+].[O-][Ti]([O-])([O-])[O-]. The molecule has 7 heavy (non-hydrogen) atoms. The van der Waals surface area contributed by atoms with Crippen molar-refractivity contribution in [2.75, 3.05) is 0 Å². The van der Waals surface area contributed by atoms with Gasteiger partial charge in [-0.3, -0.25) is 0 Å². The number of rotatable bonds is 0. The summed E-state index contributed by atoms with van der Waals surface area (Å²) in [6, 6.07) is 0. The molecule has 0 saturated carbocycles. The van der Waals surface area contributed by atoms with Crippen LogP contribution in [0.25, 0.3) is 0 Å². The summed E-state index contributed by atoms with van der Waals surface area (Å²) < 4.78 is 34.5. The maximum atomic E-state index is 8.62. The second-order valence-corrected chi connectivity index (χ2v) is 2.06. The molecule has 0 aromatic carbocycles. The standard InChI is InChI=1S/Al.K.4O.Ti/q+3;+1;4*-1;.